The van der Waals surface area contributed by atoms with Crippen molar-refractivity contribution in [2.45, 2.75) is 13.8 Å². The van der Waals surface area contributed by atoms with E-state index in [1.165, 1.54) is 0 Å². The van der Waals surface area contributed by atoms with Crippen LogP contribution in [0.1, 0.15) is 11.5 Å². The van der Waals surface area contributed by atoms with Crippen LogP contribution in [0.3, 0.4) is 0 Å². The van der Waals surface area contributed by atoms with E-state index in [-0.39, 0.29) is 6.03 Å². The van der Waals surface area contributed by atoms with Crippen LogP contribution in [-0.2, 0) is 0 Å². The summed E-state index contributed by atoms with van der Waals surface area (Å²) < 4.78 is 0. The first-order valence-corrected chi connectivity index (χ1v) is 7.66. The van der Waals surface area contributed by atoms with Crippen LogP contribution < -0.4 is 10.2 Å². The molecule has 0 spiro atoms. The predicted molar refractivity (Wildman–Crippen MR) is 88.5 cm³/mol. The molecule has 0 radical (unpaired) electrons. The molecule has 0 unspecified atom stereocenters. The van der Waals surface area contributed by atoms with Gasteiger partial charge in [0.05, 0.1) is 0 Å². The molecule has 0 aliphatic carbocycles. The first-order chi connectivity index (χ1) is 11.1. The molecule has 1 aliphatic rings. The molecule has 2 amide bonds. The van der Waals surface area contributed by atoms with E-state index in [0.717, 1.165) is 30.4 Å². The largest absolute Gasteiger partial charge is 0.353 e. The maximum absolute atomic E-state index is 12.3. The van der Waals surface area contributed by atoms with E-state index in [0.29, 0.717) is 18.9 Å². The Kier molecular flexibility index (Phi) is 4.36. The summed E-state index contributed by atoms with van der Waals surface area (Å²) in [4.78, 5) is 29.1. The molecule has 0 saturated carbocycles. The first-order valence-electron chi connectivity index (χ1n) is 7.66. The average molecular weight is 312 g/mol. The van der Waals surface area contributed by atoms with E-state index in [1.54, 1.807) is 17.2 Å². The maximum Gasteiger partial charge on any atom is 0.323 e. The first kappa shape index (κ1) is 15.2. The SMILES string of the molecule is Cc1cccc(NC(=O)N2CCN(c3ccnc(C)n3)CC2)n1. The molecule has 1 aliphatic heterocycles. The van der Waals surface area contributed by atoms with Crippen LogP contribution in [0.4, 0.5) is 16.4 Å². The number of urea groups is 1. The fourth-order valence-corrected chi connectivity index (χ4v) is 2.56. The number of carbonyl (C=O) groups excluding carboxylic acids is 1. The van der Waals surface area contributed by atoms with Gasteiger partial charge < -0.3 is 9.80 Å². The number of anilines is 2. The van der Waals surface area contributed by atoms with Gasteiger partial charge in [0.25, 0.3) is 0 Å². The lowest BCUT2D eigenvalue weighted by molar-refractivity contribution is 0.208. The zero-order chi connectivity index (χ0) is 16.2. The topological polar surface area (TPSA) is 74.2 Å². The van der Waals surface area contributed by atoms with Crippen molar-refractivity contribution in [3.05, 3.63) is 42.0 Å². The summed E-state index contributed by atoms with van der Waals surface area (Å²) in [6.45, 7) is 6.60. The van der Waals surface area contributed by atoms with Crippen LogP contribution in [0.25, 0.3) is 0 Å². The van der Waals surface area contributed by atoms with Crippen molar-refractivity contribution in [2.75, 3.05) is 36.4 Å². The molecule has 2 aromatic rings. The number of nitrogens with one attached hydrogen (secondary N) is 1. The molecule has 3 rings (SSSR count). The third kappa shape index (κ3) is 3.74. The van der Waals surface area contributed by atoms with Crippen molar-refractivity contribution < 1.29 is 4.79 Å². The van der Waals surface area contributed by atoms with Crippen LogP contribution >= 0.6 is 0 Å². The van der Waals surface area contributed by atoms with Crippen LogP contribution in [0, 0.1) is 13.8 Å². The lowest BCUT2D eigenvalue weighted by Crippen LogP contribution is -2.50. The molecule has 1 fully saturated rings. The van der Waals surface area contributed by atoms with Crippen LogP contribution in [-0.4, -0.2) is 52.1 Å². The van der Waals surface area contributed by atoms with Gasteiger partial charge in [-0.05, 0) is 32.0 Å². The number of pyridine rings is 1. The van der Waals surface area contributed by atoms with Gasteiger partial charge in [0.2, 0.25) is 0 Å². The Balaban J connectivity index is 1.57. The van der Waals surface area contributed by atoms with Gasteiger partial charge in [-0.1, -0.05) is 6.07 Å². The van der Waals surface area contributed by atoms with E-state index in [2.05, 4.69) is 25.2 Å². The number of carbonyl (C=O) groups is 1. The summed E-state index contributed by atoms with van der Waals surface area (Å²) in [6, 6.07) is 7.37. The number of nitrogens with zero attached hydrogens (tertiary/aromatic N) is 5. The third-order valence-corrected chi connectivity index (χ3v) is 3.78. The Morgan fingerprint density at radius 2 is 1.87 bits per heavy atom. The molecular weight excluding hydrogens is 292 g/mol. The zero-order valence-corrected chi connectivity index (χ0v) is 13.4. The number of aromatic nitrogens is 3. The quantitative estimate of drug-likeness (QED) is 0.916. The number of hydrogen-bond donors (Lipinski definition) is 1. The fraction of sp³-hybridized carbons (Fsp3) is 0.375. The Hall–Kier alpha value is -2.70. The smallest absolute Gasteiger partial charge is 0.323 e. The monoisotopic (exact) mass is 312 g/mol. The molecule has 120 valence electrons. The van der Waals surface area contributed by atoms with Crippen LogP contribution in [0.15, 0.2) is 30.5 Å². The highest BCUT2D eigenvalue weighted by Gasteiger charge is 2.22. The lowest BCUT2D eigenvalue weighted by atomic mass is 10.3. The second kappa shape index (κ2) is 6.60. The molecule has 23 heavy (non-hydrogen) atoms. The van der Waals surface area contributed by atoms with Gasteiger partial charge in [-0.15, -0.1) is 0 Å². The molecule has 7 heteroatoms. The third-order valence-electron chi connectivity index (χ3n) is 3.78. The second-order valence-electron chi connectivity index (χ2n) is 5.53. The second-order valence-corrected chi connectivity index (χ2v) is 5.53. The van der Waals surface area contributed by atoms with Crippen LogP contribution in [0.2, 0.25) is 0 Å². The van der Waals surface area contributed by atoms with Gasteiger partial charge >= 0.3 is 6.03 Å². The summed E-state index contributed by atoms with van der Waals surface area (Å²) in [6.07, 6.45) is 1.76. The van der Waals surface area contributed by atoms with Gasteiger partial charge in [0.15, 0.2) is 0 Å². The molecular formula is C16H20N6O. The number of piperazine rings is 1. The van der Waals surface area contributed by atoms with Crippen molar-refractivity contribution in [2.24, 2.45) is 0 Å². The van der Waals surface area contributed by atoms with E-state index in [4.69, 9.17) is 0 Å². The van der Waals surface area contributed by atoms with Gasteiger partial charge in [-0.25, -0.2) is 19.7 Å². The molecule has 3 heterocycles. The molecule has 2 aromatic heterocycles. The maximum atomic E-state index is 12.3. The van der Waals surface area contributed by atoms with Gasteiger partial charge in [0, 0.05) is 38.1 Å². The van der Waals surface area contributed by atoms with E-state index >= 15 is 0 Å². The summed E-state index contributed by atoms with van der Waals surface area (Å²) in [5.74, 6) is 2.26. The molecule has 0 aromatic carbocycles. The number of rotatable bonds is 2. The minimum absolute atomic E-state index is 0.110. The standard InChI is InChI=1S/C16H20N6O/c1-12-4-3-5-14(18-12)20-16(23)22-10-8-21(9-11-22)15-6-7-17-13(2)19-15/h3-7H,8-11H2,1-2H3,(H,18,20,23). The average Bonchev–Trinajstić information content (AvgIpc) is 2.55. The van der Waals surface area contributed by atoms with Gasteiger partial charge in [-0.3, -0.25) is 5.32 Å². The molecule has 0 atom stereocenters. The minimum atomic E-state index is -0.110. The van der Waals surface area contributed by atoms with Crippen molar-refractivity contribution in [1.82, 2.24) is 19.9 Å². The van der Waals surface area contributed by atoms with Gasteiger partial charge in [0.1, 0.15) is 17.5 Å². The highest BCUT2D eigenvalue weighted by molar-refractivity contribution is 5.88. The zero-order valence-electron chi connectivity index (χ0n) is 13.4. The molecule has 0 bridgehead atoms. The Labute approximate surface area is 135 Å². The summed E-state index contributed by atoms with van der Waals surface area (Å²) in [7, 11) is 0. The fourth-order valence-electron chi connectivity index (χ4n) is 2.56. The summed E-state index contributed by atoms with van der Waals surface area (Å²) >= 11 is 0. The number of amides is 2. The summed E-state index contributed by atoms with van der Waals surface area (Å²) in [5, 5.41) is 2.85. The summed E-state index contributed by atoms with van der Waals surface area (Å²) in [5.41, 5.74) is 0.881. The van der Waals surface area contributed by atoms with E-state index in [9.17, 15) is 4.79 Å². The Morgan fingerprint density at radius 1 is 1.09 bits per heavy atom. The minimum Gasteiger partial charge on any atom is -0.353 e. The van der Waals surface area contributed by atoms with Crippen molar-refractivity contribution in [3.63, 3.8) is 0 Å². The molecule has 7 nitrogen and oxygen atoms in total. The normalized spacial score (nSPS) is 14.7. The van der Waals surface area contributed by atoms with E-state index in [1.807, 2.05) is 32.0 Å². The number of aryl methyl sites for hydroxylation is 2. The predicted octanol–water partition coefficient (Wildman–Crippen LogP) is 1.84. The van der Waals surface area contributed by atoms with Crippen LogP contribution in [0.5, 0.6) is 0 Å². The van der Waals surface area contributed by atoms with Crippen molar-refractivity contribution in [1.29, 1.82) is 0 Å². The highest BCUT2D eigenvalue weighted by atomic mass is 16.2. The Bertz CT molecular complexity index is 696. The Morgan fingerprint density at radius 3 is 2.57 bits per heavy atom. The van der Waals surface area contributed by atoms with Crippen molar-refractivity contribution >= 4 is 17.7 Å². The number of hydrogen-bond acceptors (Lipinski definition) is 5. The van der Waals surface area contributed by atoms with Gasteiger partial charge in [-0.2, -0.15) is 0 Å². The molecule has 1 saturated heterocycles. The van der Waals surface area contributed by atoms with Crippen molar-refractivity contribution in [3.8, 4) is 0 Å². The molecule has 1 N–H and O–H groups in total. The van der Waals surface area contributed by atoms with E-state index < -0.39 is 0 Å². The lowest BCUT2D eigenvalue weighted by Gasteiger charge is -2.35. The highest BCUT2D eigenvalue weighted by Crippen LogP contribution is 2.14.